The van der Waals surface area contributed by atoms with E-state index in [2.05, 4.69) is 18.4 Å². The lowest BCUT2D eigenvalue weighted by atomic mass is 10.2. The van der Waals surface area contributed by atoms with Gasteiger partial charge in [-0.05, 0) is 33.3 Å². The van der Waals surface area contributed by atoms with E-state index in [9.17, 15) is 4.79 Å². The Morgan fingerprint density at radius 2 is 2.13 bits per heavy atom. The fraction of sp³-hybridized carbons (Fsp3) is 0.583. The number of hydrogen-bond donors (Lipinski definition) is 0. The molecular weight excluding hydrogens is 190 g/mol. The lowest BCUT2D eigenvalue weighted by Gasteiger charge is -2.16. The molecule has 0 N–H and O–H groups in total. The van der Waals surface area contributed by atoms with Gasteiger partial charge in [-0.2, -0.15) is 0 Å². The smallest absolute Gasteiger partial charge is 0.339 e. The van der Waals surface area contributed by atoms with Crippen LogP contribution in [0.25, 0.3) is 0 Å². The zero-order valence-corrected chi connectivity index (χ0v) is 10.1. The molecule has 1 unspecified atom stereocenters. The number of carbonyl (C=O) groups is 1. The second kappa shape index (κ2) is 4.51. The Hall–Kier alpha value is -1.25. The molecule has 15 heavy (non-hydrogen) atoms. The number of carbonyl (C=O) groups excluding carboxylic acids is 1. The van der Waals surface area contributed by atoms with Crippen LogP contribution in [0.4, 0.5) is 0 Å². The summed E-state index contributed by atoms with van der Waals surface area (Å²) in [6, 6.07) is 2.32. The van der Waals surface area contributed by atoms with Gasteiger partial charge in [-0.1, -0.05) is 6.92 Å². The summed E-state index contributed by atoms with van der Waals surface area (Å²) in [4.78, 5) is 11.5. The van der Waals surface area contributed by atoms with Crippen molar-refractivity contribution in [3.63, 3.8) is 0 Å². The average Bonchev–Trinajstić information content (AvgIpc) is 2.52. The highest BCUT2D eigenvalue weighted by atomic mass is 16.5. The minimum absolute atomic E-state index is 0.252. The number of ether oxygens (including phenoxy) is 1. The Labute approximate surface area is 91.0 Å². The maximum atomic E-state index is 11.5. The van der Waals surface area contributed by atoms with E-state index >= 15 is 0 Å². The average molecular weight is 209 g/mol. The van der Waals surface area contributed by atoms with Gasteiger partial charge in [0.2, 0.25) is 0 Å². The van der Waals surface area contributed by atoms with Crippen LogP contribution in [0.2, 0.25) is 0 Å². The zero-order chi connectivity index (χ0) is 11.6. The molecule has 0 spiro atoms. The van der Waals surface area contributed by atoms with Gasteiger partial charge in [-0.3, -0.25) is 0 Å². The molecule has 3 nitrogen and oxygen atoms in total. The van der Waals surface area contributed by atoms with E-state index in [1.54, 1.807) is 0 Å². The molecule has 1 atom stereocenters. The lowest BCUT2D eigenvalue weighted by molar-refractivity contribution is 0.0599. The van der Waals surface area contributed by atoms with Gasteiger partial charge in [0.05, 0.1) is 12.7 Å². The summed E-state index contributed by atoms with van der Waals surface area (Å²) in [5.41, 5.74) is 2.78. The SMILES string of the molecule is CCC(C)n1c(C)cc(C(=O)OC)c1C. The Morgan fingerprint density at radius 1 is 1.53 bits per heavy atom. The van der Waals surface area contributed by atoms with Crippen molar-refractivity contribution in [3.8, 4) is 0 Å². The molecule has 0 aromatic carbocycles. The first-order chi connectivity index (χ1) is 7.02. The highest BCUT2D eigenvalue weighted by Gasteiger charge is 2.17. The van der Waals surface area contributed by atoms with Crippen molar-refractivity contribution >= 4 is 5.97 Å². The van der Waals surface area contributed by atoms with Crippen LogP contribution in [0.15, 0.2) is 6.07 Å². The standard InChI is InChI=1S/C12H19NO2/c1-6-8(2)13-9(3)7-11(10(13)4)12(14)15-5/h7-8H,6H2,1-5H3. The third-order valence-electron chi connectivity index (χ3n) is 2.92. The predicted molar refractivity (Wildman–Crippen MR) is 60.2 cm³/mol. The number of hydrogen-bond acceptors (Lipinski definition) is 2. The first kappa shape index (κ1) is 11.8. The maximum absolute atomic E-state index is 11.5. The normalized spacial score (nSPS) is 12.6. The summed E-state index contributed by atoms with van der Waals surface area (Å²) in [6.45, 7) is 8.28. The van der Waals surface area contributed by atoms with E-state index < -0.39 is 0 Å². The van der Waals surface area contributed by atoms with Gasteiger partial charge in [-0.25, -0.2) is 4.79 Å². The van der Waals surface area contributed by atoms with E-state index in [0.717, 1.165) is 17.8 Å². The van der Waals surface area contributed by atoms with Gasteiger partial charge in [-0.15, -0.1) is 0 Å². The molecule has 1 heterocycles. The molecule has 3 heteroatoms. The van der Waals surface area contributed by atoms with Gasteiger partial charge in [0.1, 0.15) is 0 Å². The van der Waals surface area contributed by atoms with Crippen LogP contribution in [0, 0.1) is 13.8 Å². The Kier molecular flexibility index (Phi) is 3.56. The molecular formula is C12H19NO2. The predicted octanol–water partition coefficient (Wildman–Crippen LogP) is 2.86. The van der Waals surface area contributed by atoms with E-state index in [0.29, 0.717) is 11.6 Å². The zero-order valence-electron chi connectivity index (χ0n) is 10.1. The highest BCUT2D eigenvalue weighted by molar-refractivity contribution is 5.91. The number of methoxy groups -OCH3 is 1. The van der Waals surface area contributed by atoms with Crippen LogP contribution in [0.1, 0.15) is 48.1 Å². The van der Waals surface area contributed by atoms with Crippen molar-refractivity contribution < 1.29 is 9.53 Å². The topological polar surface area (TPSA) is 31.2 Å². The molecule has 0 bridgehead atoms. The monoisotopic (exact) mass is 209 g/mol. The largest absolute Gasteiger partial charge is 0.465 e. The molecule has 0 radical (unpaired) electrons. The summed E-state index contributed by atoms with van der Waals surface area (Å²) >= 11 is 0. The van der Waals surface area contributed by atoms with E-state index in [1.165, 1.54) is 7.11 Å². The minimum Gasteiger partial charge on any atom is -0.465 e. The van der Waals surface area contributed by atoms with Crippen molar-refractivity contribution in [2.75, 3.05) is 7.11 Å². The summed E-state index contributed by atoms with van der Waals surface area (Å²) in [5.74, 6) is -0.252. The fourth-order valence-corrected chi connectivity index (χ4v) is 1.95. The van der Waals surface area contributed by atoms with Crippen LogP contribution in [-0.2, 0) is 4.74 Å². The van der Waals surface area contributed by atoms with Crippen LogP contribution in [0.3, 0.4) is 0 Å². The van der Waals surface area contributed by atoms with E-state index in [-0.39, 0.29) is 5.97 Å². The van der Waals surface area contributed by atoms with Crippen molar-refractivity contribution in [1.82, 2.24) is 4.57 Å². The fourth-order valence-electron chi connectivity index (χ4n) is 1.95. The number of nitrogens with zero attached hydrogens (tertiary/aromatic N) is 1. The molecule has 0 aliphatic rings. The second-order valence-corrected chi connectivity index (χ2v) is 3.90. The van der Waals surface area contributed by atoms with Gasteiger partial charge in [0, 0.05) is 17.4 Å². The van der Waals surface area contributed by atoms with Gasteiger partial charge in [0.25, 0.3) is 0 Å². The van der Waals surface area contributed by atoms with Crippen LogP contribution >= 0.6 is 0 Å². The third-order valence-corrected chi connectivity index (χ3v) is 2.92. The molecule has 1 aromatic rings. The Morgan fingerprint density at radius 3 is 2.60 bits per heavy atom. The lowest BCUT2D eigenvalue weighted by Crippen LogP contribution is -2.09. The summed E-state index contributed by atoms with van der Waals surface area (Å²) < 4.78 is 6.93. The van der Waals surface area contributed by atoms with Gasteiger partial charge < -0.3 is 9.30 Å². The van der Waals surface area contributed by atoms with Gasteiger partial charge in [0.15, 0.2) is 0 Å². The van der Waals surface area contributed by atoms with Gasteiger partial charge >= 0.3 is 5.97 Å². The quantitative estimate of drug-likeness (QED) is 0.717. The first-order valence-electron chi connectivity index (χ1n) is 5.29. The number of esters is 1. The molecule has 1 aromatic heterocycles. The summed E-state index contributed by atoms with van der Waals surface area (Å²) in [6.07, 6.45) is 1.05. The van der Waals surface area contributed by atoms with Crippen molar-refractivity contribution in [3.05, 3.63) is 23.0 Å². The minimum atomic E-state index is -0.252. The molecule has 0 fully saturated rings. The van der Waals surface area contributed by atoms with Crippen molar-refractivity contribution in [1.29, 1.82) is 0 Å². The van der Waals surface area contributed by atoms with Crippen LogP contribution in [0.5, 0.6) is 0 Å². The summed E-state index contributed by atoms with van der Waals surface area (Å²) in [5, 5.41) is 0. The molecule has 0 aliphatic carbocycles. The summed E-state index contributed by atoms with van der Waals surface area (Å²) in [7, 11) is 1.41. The number of aryl methyl sites for hydroxylation is 1. The molecule has 0 saturated heterocycles. The molecule has 0 saturated carbocycles. The number of rotatable bonds is 3. The van der Waals surface area contributed by atoms with E-state index in [4.69, 9.17) is 4.74 Å². The first-order valence-corrected chi connectivity index (χ1v) is 5.29. The molecule has 1 rings (SSSR count). The second-order valence-electron chi connectivity index (χ2n) is 3.90. The van der Waals surface area contributed by atoms with Crippen molar-refractivity contribution in [2.45, 2.75) is 40.2 Å². The molecule has 0 aliphatic heterocycles. The van der Waals surface area contributed by atoms with Crippen molar-refractivity contribution in [2.24, 2.45) is 0 Å². The number of aromatic nitrogens is 1. The molecule has 0 amide bonds. The Balaban J connectivity index is 3.20. The van der Waals surface area contributed by atoms with Crippen LogP contribution in [-0.4, -0.2) is 17.6 Å². The van der Waals surface area contributed by atoms with Crippen LogP contribution < -0.4 is 0 Å². The molecule has 84 valence electrons. The highest BCUT2D eigenvalue weighted by Crippen LogP contribution is 2.22. The third kappa shape index (κ3) is 2.06. The van der Waals surface area contributed by atoms with E-state index in [1.807, 2.05) is 19.9 Å². The maximum Gasteiger partial charge on any atom is 0.339 e. The Bertz CT molecular complexity index is 366.